The monoisotopic (exact) mass is 388 g/mol. The van der Waals surface area contributed by atoms with Gasteiger partial charge in [0.25, 0.3) is 11.8 Å². The van der Waals surface area contributed by atoms with Crippen LogP contribution in [0, 0.1) is 13.8 Å². The highest BCUT2D eigenvalue weighted by molar-refractivity contribution is 5.96. The van der Waals surface area contributed by atoms with Crippen molar-refractivity contribution < 1.29 is 14.3 Å². The summed E-state index contributed by atoms with van der Waals surface area (Å²) in [7, 11) is 0. The second-order valence-corrected chi connectivity index (χ2v) is 6.92. The van der Waals surface area contributed by atoms with E-state index in [4.69, 9.17) is 4.74 Å². The lowest BCUT2D eigenvalue weighted by Crippen LogP contribution is -2.47. The topological polar surface area (TPSA) is 67.4 Å². The van der Waals surface area contributed by atoms with Crippen molar-refractivity contribution in [3.05, 3.63) is 89.5 Å². The van der Waals surface area contributed by atoms with Crippen LogP contribution in [0.1, 0.15) is 28.4 Å². The third-order valence-corrected chi connectivity index (χ3v) is 4.57. The van der Waals surface area contributed by atoms with Gasteiger partial charge in [0, 0.05) is 5.56 Å². The van der Waals surface area contributed by atoms with E-state index >= 15 is 0 Å². The molecule has 3 rings (SSSR count). The molecule has 0 aromatic heterocycles. The second-order valence-electron chi connectivity index (χ2n) is 6.92. The largest absolute Gasteiger partial charge is 0.481 e. The van der Waals surface area contributed by atoms with Crippen molar-refractivity contribution in [2.75, 3.05) is 0 Å². The molecule has 0 saturated carbocycles. The number of rotatable bonds is 5. The van der Waals surface area contributed by atoms with Gasteiger partial charge in [0.2, 0.25) is 0 Å². The summed E-state index contributed by atoms with van der Waals surface area (Å²) in [6, 6.07) is 22.9. The lowest BCUT2D eigenvalue weighted by atomic mass is 10.0. The predicted octanol–water partition coefficient (Wildman–Crippen LogP) is 4.20. The van der Waals surface area contributed by atoms with Crippen LogP contribution in [0.15, 0.2) is 72.8 Å². The van der Waals surface area contributed by atoms with E-state index < -0.39 is 17.9 Å². The first kappa shape index (κ1) is 20.1. The molecule has 0 fully saturated rings. The zero-order valence-electron chi connectivity index (χ0n) is 16.7. The maximum Gasteiger partial charge on any atom is 0.279 e. The van der Waals surface area contributed by atoms with Gasteiger partial charge in [-0.05, 0) is 61.2 Å². The Balaban J connectivity index is 1.55. The van der Waals surface area contributed by atoms with Crippen LogP contribution in [0.4, 0.5) is 0 Å². The van der Waals surface area contributed by atoms with Crippen molar-refractivity contribution in [1.29, 1.82) is 0 Å². The van der Waals surface area contributed by atoms with Gasteiger partial charge in [0.15, 0.2) is 6.10 Å². The van der Waals surface area contributed by atoms with Gasteiger partial charge in [0.05, 0.1) is 0 Å². The average Bonchev–Trinajstić information content (AvgIpc) is 2.75. The van der Waals surface area contributed by atoms with Crippen LogP contribution in [-0.4, -0.2) is 17.9 Å². The Kier molecular flexibility index (Phi) is 6.29. The Morgan fingerprint density at radius 2 is 1.48 bits per heavy atom. The number of ether oxygens (including phenoxy) is 1. The second kappa shape index (κ2) is 9.06. The molecular weight excluding hydrogens is 364 g/mol. The summed E-state index contributed by atoms with van der Waals surface area (Å²) < 4.78 is 5.73. The molecule has 0 bridgehead atoms. The number of nitrogens with one attached hydrogen (secondary N) is 2. The Labute approximate surface area is 170 Å². The molecule has 1 atom stereocenters. The molecule has 3 aromatic rings. The van der Waals surface area contributed by atoms with E-state index in [9.17, 15) is 9.59 Å². The summed E-state index contributed by atoms with van der Waals surface area (Å²) in [5.41, 5.74) is 9.38. The molecule has 5 nitrogen and oxygen atoms in total. The van der Waals surface area contributed by atoms with Gasteiger partial charge >= 0.3 is 0 Å². The van der Waals surface area contributed by atoms with E-state index in [-0.39, 0.29) is 0 Å². The molecule has 0 aliphatic heterocycles. The molecule has 0 aliphatic rings. The number of hydrogen-bond acceptors (Lipinski definition) is 3. The van der Waals surface area contributed by atoms with Crippen LogP contribution >= 0.6 is 0 Å². The van der Waals surface area contributed by atoms with Crippen LogP contribution in [0.25, 0.3) is 11.1 Å². The molecule has 0 aliphatic carbocycles. The quantitative estimate of drug-likeness (QED) is 0.644. The number of amides is 2. The van der Waals surface area contributed by atoms with Crippen molar-refractivity contribution in [1.82, 2.24) is 10.9 Å². The highest BCUT2D eigenvalue weighted by atomic mass is 16.5. The molecule has 148 valence electrons. The number of carbonyl (C=O) groups is 2. The lowest BCUT2D eigenvalue weighted by molar-refractivity contribution is -0.128. The van der Waals surface area contributed by atoms with Crippen LogP contribution in [-0.2, 0) is 4.79 Å². The maximum absolute atomic E-state index is 12.3. The van der Waals surface area contributed by atoms with E-state index in [1.165, 1.54) is 0 Å². The van der Waals surface area contributed by atoms with Gasteiger partial charge in [-0.25, -0.2) is 0 Å². The Bertz CT molecular complexity index is 998. The normalized spacial score (nSPS) is 11.4. The summed E-state index contributed by atoms with van der Waals surface area (Å²) in [4.78, 5) is 24.6. The first-order valence-electron chi connectivity index (χ1n) is 9.43. The van der Waals surface area contributed by atoms with Crippen LogP contribution in [0.2, 0.25) is 0 Å². The number of hydrazine groups is 1. The van der Waals surface area contributed by atoms with Gasteiger partial charge in [-0.2, -0.15) is 0 Å². The Morgan fingerprint density at radius 1 is 0.828 bits per heavy atom. The van der Waals surface area contributed by atoms with Crippen LogP contribution in [0.3, 0.4) is 0 Å². The number of carbonyl (C=O) groups excluding carboxylic acids is 2. The zero-order valence-corrected chi connectivity index (χ0v) is 16.7. The Morgan fingerprint density at radius 3 is 2.17 bits per heavy atom. The third-order valence-electron chi connectivity index (χ3n) is 4.57. The molecule has 0 spiro atoms. The summed E-state index contributed by atoms with van der Waals surface area (Å²) in [5, 5.41) is 0. The average molecular weight is 388 g/mol. The van der Waals surface area contributed by atoms with Crippen molar-refractivity contribution in [3.63, 3.8) is 0 Å². The molecule has 5 heteroatoms. The van der Waals surface area contributed by atoms with Crippen molar-refractivity contribution in [2.24, 2.45) is 0 Å². The fraction of sp³-hybridized carbons (Fsp3) is 0.167. The van der Waals surface area contributed by atoms with Crippen LogP contribution < -0.4 is 15.6 Å². The fourth-order valence-electron chi connectivity index (χ4n) is 2.82. The minimum absolute atomic E-state index is 0.392. The molecule has 0 saturated heterocycles. The highest BCUT2D eigenvalue weighted by Gasteiger charge is 2.17. The van der Waals surface area contributed by atoms with Crippen molar-refractivity contribution in [3.8, 4) is 16.9 Å². The van der Waals surface area contributed by atoms with Crippen LogP contribution in [0.5, 0.6) is 5.75 Å². The highest BCUT2D eigenvalue weighted by Crippen LogP contribution is 2.21. The van der Waals surface area contributed by atoms with E-state index in [1.807, 2.05) is 74.5 Å². The smallest absolute Gasteiger partial charge is 0.279 e. The first-order valence-corrected chi connectivity index (χ1v) is 9.43. The van der Waals surface area contributed by atoms with Crippen molar-refractivity contribution >= 4 is 11.8 Å². The molecule has 3 aromatic carbocycles. The lowest BCUT2D eigenvalue weighted by Gasteiger charge is -2.17. The van der Waals surface area contributed by atoms with E-state index in [0.717, 1.165) is 22.3 Å². The number of hydrogen-bond donors (Lipinski definition) is 2. The van der Waals surface area contributed by atoms with E-state index in [2.05, 4.69) is 10.9 Å². The minimum atomic E-state index is -0.753. The van der Waals surface area contributed by atoms with Crippen molar-refractivity contribution in [2.45, 2.75) is 26.9 Å². The van der Waals surface area contributed by atoms with E-state index in [1.54, 1.807) is 19.1 Å². The van der Waals surface area contributed by atoms with Gasteiger partial charge < -0.3 is 4.74 Å². The zero-order chi connectivity index (χ0) is 20.8. The molecule has 0 heterocycles. The third kappa shape index (κ3) is 5.23. The predicted molar refractivity (Wildman–Crippen MR) is 113 cm³/mol. The molecule has 1 unspecified atom stereocenters. The van der Waals surface area contributed by atoms with E-state index in [0.29, 0.717) is 11.3 Å². The molecule has 2 N–H and O–H groups in total. The molecule has 29 heavy (non-hydrogen) atoms. The summed E-state index contributed by atoms with van der Waals surface area (Å²) in [6.07, 6.45) is -0.753. The maximum atomic E-state index is 12.3. The van der Waals surface area contributed by atoms with Gasteiger partial charge in [-0.3, -0.25) is 20.4 Å². The standard InChI is InChI=1S/C24H24N2O3/c1-16-9-10-17(2)22(15-16)29-18(3)23(27)25-26-24(28)21-13-11-20(12-14-21)19-7-5-4-6-8-19/h4-15,18H,1-3H3,(H,25,27)(H,26,28). The molecular formula is C24H24N2O3. The molecule has 2 amide bonds. The SMILES string of the molecule is Cc1ccc(C)c(OC(C)C(=O)NNC(=O)c2ccc(-c3ccccc3)cc2)c1. The summed E-state index contributed by atoms with van der Waals surface area (Å²) >= 11 is 0. The molecule has 0 radical (unpaired) electrons. The van der Waals surface area contributed by atoms with Gasteiger partial charge in [0.1, 0.15) is 5.75 Å². The van der Waals surface area contributed by atoms with Gasteiger partial charge in [-0.1, -0.05) is 54.6 Å². The minimum Gasteiger partial charge on any atom is -0.481 e. The summed E-state index contributed by atoms with van der Waals surface area (Å²) in [5.74, 6) is -0.174. The first-order chi connectivity index (χ1) is 13.9. The Hall–Kier alpha value is -3.60. The number of benzene rings is 3. The number of aryl methyl sites for hydroxylation is 2. The summed E-state index contributed by atoms with van der Waals surface area (Å²) in [6.45, 7) is 5.51. The van der Waals surface area contributed by atoms with Gasteiger partial charge in [-0.15, -0.1) is 0 Å². The fourth-order valence-corrected chi connectivity index (χ4v) is 2.82.